The molecule has 7 nitrogen and oxygen atoms in total. The zero-order chi connectivity index (χ0) is 16.4. The molecule has 1 aromatic carbocycles. The summed E-state index contributed by atoms with van der Waals surface area (Å²) in [4.78, 5) is 4.06. The van der Waals surface area contributed by atoms with Crippen molar-refractivity contribution in [3.63, 3.8) is 0 Å². The molecule has 0 bridgehead atoms. The topological polar surface area (TPSA) is 90.9 Å². The molecule has 8 heteroatoms. The van der Waals surface area contributed by atoms with E-state index in [0.29, 0.717) is 18.1 Å². The third-order valence-electron chi connectivity index (χ3n) is 3.42. The van der Waals surface area contributed by atoms with Gasteiger partial charge in [-0.05, 0) is 13.8 Å². The highest BCUT2D eigenvalue weighted by molar-refractivity contribution is 7.90. The van der Waals surface area contributed by atoms with Gasteiger partial charge in [0.25, 0.3) is 0 Å². The van der Waals surface area contributed by atoms with Gasteiger partial charge in [0.2, 0.25) is 20.9 Å². The maximum Gasteiger partial charge on any atom is 0.250 e. The van der Waals surface area contributed by atoms with Crippen molar-refractivity contribution in [2.75, 3.05) is 0 Å². The third-order valence-corrected chi connectivity index (χ3v) is 4.91. The molecule has 3 rings (SSSR count). The van der Waals surface area contributed by atoms with Crippen molar-refractivity contribution in [2.24, 2.45) is 0 Å². The highest BCUT2D eigenvalue weighted by atomic mass is 32.2. The number of hydrogen-bond donors (Lipinski definition) is 0. The summed E-state index contributed by atoms with van der Waals surface area (Å²) in [6.45, 7) is 4.04. The summed E-state index contributed by atoms with van der Waals surface area (Å²) < 4.78 is 32.1. The van der Waals surface area contributed by atoms with Crippen LogP contribution >= 0.6 is 0 Å². The number of oxazole rings is 1. The van der Waals surface area contributed by atoms with Crippen molar-refractivity contribution in [1.29, 1.82) is 0 Å². The van der Waals surface area contributed by atoms with Crippen LogP contribution in [-0.2, 0) is 22.1 Å². The normalized spacial score (nSPS) is 11.7. The van der Waals surface area contributed by atoms with E-state index in [2.05, 4.69) is 15.2 Å². The second-order valence-corrected chi connectivity index (χ2v) is 6.90. The Morgan fingerprint density at radius 3 is 2.61 bits per heavy atom. The van der Waals surface area contributed by atoms with Crippen LogP contribution in [0.4, 0.5) is 0 Å². The van der Waals surface area contributed by atoms with Crippen LogP contribution in [0.5, 0.6) is 0 Å². The van der Waals surface area contributed by atoms with Crippen molar-refractivity contribution < 1.29 is 12.8 Å². The maximum absolute atomic E-state index is 12.5. The van der Waals surface area contributed by atoms with Crippen LogP contribution in [0.15, 0.2) is 46.1 Å². The van der Waals surface area contributed by atoms with Gasteiger partial charge in [0, 0.05) is 12.1 Å². The Kier molecular flexibility index (Phi) is 3.99. The number of aromatic nitrogens is 4. The minimum absolute atomic E-state index is 0.0584. The van der Waals surface area contributed by atoms with Crippen molar-refractivity contribution in [2.45, 2.75) is 31.3 Å². The first-order valence-corrected chi connectivity index (χ1v) is 8.79. The summed E-state index contributed by atoms with van der Waals surface area (Å²) in [5.41, 5.74) is 0.844. The van der Waals surface area contributed by atoms with E-state index in [0.717, 1.165) is 5.56 Å². The molecule has 0 aliphatic heterocycles. The Labute approximate surface area is 133 Å². The van der Waals surface area contributed by atoms with Gasteiger partial charge in [0.1, 0.15) is 11.6 Å². The molecule has 0 aliphatic carbocycles. The van der Waals surface area contributed by atoms with Crippen molar-refractivity contribution >= 4 is 9.84 Å². The van der Waals surface area contributed by atoms with Crippen LogP contribution < -0.4 is 0 Å². The summed E-state index contributed by atoms with van der Waals surface area (Å²) in [5, 5.41) is 7.55. The van der Waals surface area contributed by atoms with E-state index in [1.165, 1.54) is 6.20 Å². The maximum atomic E-state index is 12.5. The van der Waals surface area contributed by atoms with Gasteiger partial charge < -0.3 is 8.98 Å². The van der Waals surface area contributed by atoms with Crippen LogP contribution in [0.25, 0.3) is 11.3 Å². The molecule has 0 saturated carbocycles. The highest BCUT2D eigenvalue weighted by Crippen LogP contribution is 2.22. The number of sulfone groups is 1. The van der Waals surface area contributed by atoms with E-state index in [1.807, 2.05) is 37.3 Å². The van der Waals surface area contributed by atoms with Gasteiger partial charge in [-0.15, -0.1) is 10.2 Å². The minimum Gasteiger partial charge on any atom is -0.440 e. The SMILES string of the molecule is CCn1c(C)nnc1S(=O)(=O)Cc1ncc(-c2ccccc2)o1. The molecule has 2 heterocycles. The van der Waals surface area contributed by atoms with Gasteiger partial charge in [-0.3, -0.25) is 0 Å². The van der Waals surface area contributed by atoms with E-state index in [1.54, 1.807) is 11.5 Å². The highest BCUT2D eigenvalue weighted by Gasteiger charge is 2.25. The first-order valence-electron chi connectivity index (χ1n) is 7.14. The van der Waals surface area contributed by atoms with Gasteiger partial charge >= 0.3 is 0 Å². The van der Waals surface area contributed by atoms with E-state index in [9.17, 15) is 8.42 Å². The fourth-order valence-electron chi connectivity index (χ4n) is 2.30. The molecular formula is C15H16N4O3S. The fraction of sp³-hybridized carbons (Fsp3) is 0.267. The molecule has 0 unspecified atom stereocenters. The summed E-state index contributed by atoms with van der Waals surface area (Å²) in [7, 11) is -3.67. The molecule has 2 aromatic heterocycles. The Bertz CT molecular complexity index is 913. The molecule has 3 aromatic rings. The fourth-order valence-corrected chi connectivity index (χ4v) is 3.65. The lowest BCUT2D eigenvalue weighted by atomic mass is 10.2. The summed E-state index contributed by atoms with van der Waals surface area (Å²) in [5.74, 6) is 0.873. The van der Waals surface area contributed by atoms with E-state index < -0.39 is 9.84 Å². The third kappa shape index (κ3) is 3.02. The van der Waals surface area contributed by atoms with Crippen LogP contribution in [-0.4, -0.2) is 28.2 Å². The number of rotatable bonds is 5. The molecule has 120 valence electrons. The summed E-state index contributed by atoms with van der Waals surface area (Å²) in [6, 6.07) is 9.39. The Hall–Kier alpha value is -2.48. The number of hydrogen-bond acceptors (Lipinski definition) is 6. The lowest BCUT2D eigenvalue weighted by Crippen LogP contribution is -2.13. The molecule has 0 aliphatic rings. The van der Waals surface area contributed by atoms with E-state index in [-0.39, 0.29) is 16.8 Å². The monoisotopic (exact) mass is 332 g/mol. The lowest BCUT2D eigenvalue weighted by molar-refractivity contribution is 0.513. The Morgan fingerprint density at radius 2 is 1.91 bits per heavy atom. The molecule has 0 amide bonds. The van der Waals surface area contributed by atoms with Gasteiger partial charge in [0.15, 0.2) is 5.76 Å². The zero-order valence-corrected chi connectivity index (χ0v) is 13.6. The quantitative estimate of drug-likeness (QED) is 0.711. The molecule has 0 atom stereocenters. The van der Waals surface area contributed by atoms with Gasteiger partial charge in [-0.25, -0.2) is 13.4 Å². The predicted octanol–water partition coefficient (Wildman–Crippen LogP) is 2.24. The second-order valence-electron chi connectivity index (χ2n) is 5.02. The van der Waals surface area contributed by atoms with Crippen molar-refractivity contribution in [1.82, 2.24) is 19.7 Å². The van der Waals surface area contributed by atoms with Crippen LogP contribution in [0.3, 0.4) is 0 Å². The van der Waals surface area contributed by atoms with Crippen molar-refractivity contribution in [3.05, 3.63) is 48.2 Å². The number of nitrogens with zero attached hydrogens (tertiary/aromatic N) is 4. The average Bonchev–Trinajstić information content (AvgIpc) is 3.14. The lowest BCUT2D eigenvalue weighted by Gasteiger charge is -2.04. The number of aryl methyl sites for hydroxylation is 1. The van der Waals surface area contributed by atoms with E-state index in [4.69, 9.17) is 4.42 Å². The summed E-state index contributed by atoms with van der Waals surface area (Å²) in [6.07, 6.45) is 1.52. The smallest absolute Gasteiger partial charge is 0.250 e. The van der Waals surface area contributed by atoms with Crippen molar-refractivity contribution in [3.8, 4) is 11.3 Å². The van der Waals surface area contributed by atoms with Gasteiger partial charge in [-0.1, -0.05) is 30.3 Å². The zero-order valence-electron chi connectivity index (χ0n) is 12.8. The molecule has 0 fully saturated rings. The molecule has 0 N–H and O–H groups in total. The van der Waals surface area contributed by atoms with E-state index >= 15 is 0 Å². The standard InChI is InChI=1S/C15H16N4O3S/c1-3-19-11(2)17-18-15(19)23(20,21)10-14-16-9-13(22-14)12-7-5-4-6-8-12/h4-9H,3,10H2,1-2H3. The Morgan fingerprint density at radius 1 is 1.17 bits per heavy atom. The molecule has 0 spiro atoms. The molecular weight excluding hydrogens is 316 g/mol. The number of benzene rings is 1. The minimum atomic E-state index is -3.67. The first-order chi connectivity index (χ1) is 11.0. The molecule has 23 heavy (non-hydrogen) atoms. The second kappa shape index (κ2) is 5.96. The Balaban J connectivity index is 1.88. The predicted molar refractivity (Wildman–Crippen MR) is 83.3 cm³/mol. The first kappa shape index (κ1) is 15.4. The van der Waals surface area contributed by atoms with Crippen LogP contribution in [0.1, 0.15) is 18.6 Å². The average molecular weight is 332 g/mol. The molecule has 0 saturated heterocycles. The largest absolute Gasteiger partial charge is 0.440 e. The van der Waals surface area contributed by atoms with Gasteiger partial charge in [-0.2, -0.15) is 0 Å². The van der Waals surface area contributed by atoms with Gasteiger partial charge in [0.05, 0.1) is 6.20 Å². The van der Waals surface area contributed by atoms with Crippen LogP contribution in [0.2, 0.25) is 0 Å². The summed E-state index contributed by atoms with van der Waals surface area (Å²) >= 11 is 0. The van der Waals surface area contributed by atoms with Crippen LogP contribution in [0, 0.1) is 6.92 Å². The molecule has 0 radical (unpaired) electrons.